The SMILES string of the molecule is CN(CC(=O)NC1CC(C(=O)O)C1)C(=O)c1cccs1. The summed E-state index contributed by atoms with van der Waals surface area (Å²) < 4.78 is 0. The predicted octanol–water partition coefficient (Wildman–Crippen LogP) is 0.800. The Balaban J connectivity index is 1.75. The Morgan fingerprint density at radius 2 is 2.15 bits per heavy atom. The van der Waals surface area contributed by atoms with Crippen LogP contribution >= 0.6 is 11.3 Å². The molecule has 108 valence electrons. The number of carbonyl (C=O) groups excluding carboxylic acids is 2. The first-order valence-electron chi connectivity index (χ1n) is 6.28. The van der Waals surface area contributed by atoms with Crippen molar-refractivity contribution in [1.82, 2.24) is 10.2 Å². The minimum absolute atomic E-state index is 0.0228. The maximum absolute atomic E-state index is 11.9. The van der Waals surface area contributed by atoms with Gasteiger partial charge in [0.25, 0.3) is 5.91 Å². The van der Waals surface area contributed by atoms with Gasteiger partial charge in [0, 0.05) is 13.1 Å². The second-order valence-corrected chi connectivity index (χ2v) is 5.86. The lowest BCUT2D eigenvalue weighted by Crippen LogP contribution is -2.49. The molecule has 1 fully saturated rings. The van der Waals surface area contributed by atoms with E-state index >= 15 is 0 Å². The maximum Gasteiger partial charge on any atom is 0.306 e. The summed E-state index contributed by atoms with van der Waals surface area (Å²) in [6.45, 7) is -0.0228. The summed E-state index contributed by atoms with van der Waals surface area (Å²) in [5.41, 5.74) is 0. The molecule has 0 bridgehead atoms. The fraction of sp³-hybridized carbons (Fsp3) is 0.462. The summed E-state index contributed by atoms with van der Waals surface area (Å²) >= 11 is 1.33. The number of hydrogen-bond donors (Lipinski definition) is 2. The lowest BCUT2D eigenvalue weighted by atomic mass is 9.80. The van der Waals surface area contributed by atoms with Crippen LogP contribution in [0, 0.1) is 5.92 Å². The standard InChI is InChI=1S/C13H16N2O4S/c1-15(12(17)10-3-2-4-20-10)7-11(16)14-9-5-8(6-9)13(18)19/h2-4,8-9H,5-7H2,1H3,(H,14,16)(H,18,19). The van der Waals surface area contributed by atoms with E-state index < -0.39 is 5.97 Å². The van der Waals surface area contributed by atoms with Gasteiger partial charge in [-0.15, -0.1) is 11.3 Å². The van der Waals surface area contributed by atoms with E-state index in [0.29, 0.717) is 17.7 Å². The molecule has 1 aromatic heterocycles. The van der Waals surface area contributed by atoms with E-state index in [1.807, 2.05) is 5.38 Å². The molecule has 0 unspecified atom stereocenters. The van der Waals surface area contributed by atoms with Crippen molar-refractivity contribution < 1.29 is 19.5 Å². The van der Waals surface area contributed by atoms with Crippen LogP contribution in [0.15, 0.2) is 17.5 Å². The Labute approximate surface area is 120 Å². The number of amides is 2. The Morgan fingerprint density at radius 1 is 1.45 bits per heavy atom. The number of nitrogens with zero attached hydrogens (tertiary/aromatic N) is 1. The van der Waals surface area contributed by atoms with E-state index in [-0.39, 0.29) is 30.3 Å². The first kappa shape index (κ1) is 14.5. The van der Waals surface area contributed by atoms with E-state index in [0.717, 1.165) is 0 Å². The van der Waals surface area contributed by atoms with Gasteiger partial charge in [0.2, 0.25) is 5.91 Å². The monoisotopic (exact) mass is 296 g/mol. The van der Waals surface area contributed by atoms with Crippen molar-refractivity contribution in [3.8, 4) is 0 Å². The van der Waals surface area contributed by atoms with Crippen LogP contribution in [0.5, 0.6) is 0 Å². The van der Waals surface area contributed by atoms with Crippen molar-refractivity contribution in [3.63, 3.8) is 0 Å². The van der Waals surface area contributed by atoms with Crippen LogP contribution in [-0.4, -0.2) is 47.4 Å². The number of aliphatic carboxylic acids is 1. The van der Waals surface area contributed by atoms with Crippen molar-refractivity contribution in [2.75, 3.05) is 13.6 Å². The van der Waals surface area contributed by atoms with Crippen LogP contribution in [0.3, 0.4) is 0 Å². The van der Waals surface area contributed by atoms with E-state index in [4.69, 9.17) is 5.11 Å². The molecule has 2 N–H and O–H groups in total. The number of carboxylic acids is 1. The van der Waals surface area contributed by atoms with Gasteiger partial charge >= 0.3 is 5.97 Å². The molecule has 0 aromatic carbocycles. The molecule has 20 heavy (non-hydrogen) atoms. The third-order valence-electron chi connectivity index (χ3n) is 3.31. The zero-order chi connectivity index (χ0) is 14.7. The molecule has 0 aliphatic heterocycles. The van der Waals surface area contributed by atoms with Crippen molar-refractivity contribution in [3.05, 3.63) is 22.4 Å². The number of carboxylic acid groups (broad SMARTS) is 1. The average molecular weight is 296 g/mol. The molecule has 0 atom stereocenters. The van der Waals surface area contributed by atoms with E-state index in [2.05, 4.69) is 5.32 Å². The Hall–Kier alpha value is -1.89. The third-order valence-corrected chi connectivity index (χ3v) is 4.17. The molecule has 1 saturated carbocycles. The summed E-state index contributed by atoms with van der Waals surface area (Å²) in [4.78, 5) is 36.3. The summed E-state index contributed by atoms with van der Waals surface area (Å²) in [6.07, 6.45) is 0.924. The second kappa shape index (κ2) is 6.04. The number of hydrogen-bond acceptors (Lipinski definition) is 4. The normalized spacial score (nSPS) is 20.9. The first-order valence-corrected chi connectivity index (χ1v) is 7.16. The minimum atomic E-state index is -0.819. The summed E-state index contributed by atoms with van der Waals surface area (Å²) in [5, 5.41) is 13.3. The van der Waals surface area contributed by atoms with Crippen LogP contribution in [0.1, 0.15) is 22.5 Å². The van der Waals surface area contributed by atoms with Gasteiger partial charge in [-0.05, 0) is 24.3 Å². The van der Waals surface area contributed by atoms with E-state index in [1.165, 1.54) is 16.2 Å². The van der Waals surface area contributed by atoms with Gasteiger partial charge < -0.3 is 15.3 Å². The van der Waals surface area contributed by atoms with Crippen LogP contribution < -0.4 is 5.32 Å². The second-order valence-electron chi connectivity index (χ2n) is 4.91. The van der Waals surface area contributed by atoms with Gasteiger partial charge in [-0.2, -0.15) is 0 Å². The zero-order valence-electron chi connectivity index (χ0n) is 11.0. The minimum Gasteiger partial charge on any atom is -0.481 e. The number of nitrogens with one attached hydrogen (secondary N) is 1. The molecule has 6 nitrogen and oxygen atoms in total. The molecule has 0 radical (unpaired) electrons. The van der Waals surface area contributed by atoms with E-state index in [1.54, 1.807) is 19.2 Å². The predicted molar refractivity (Wildman–Crippen MR) is 73.6 cm³/mol. The fourth-order valence-electron chi connectivity index (χ4n) is 2.09. The molecular weight excluding hydrogens is 280 g/mol. The molecule has 1 aromatic rings. The van der Waals surface area contributed by atoms with Gasteiger partial charge in [-0.1, -0.05) is 6.07 Å². The Morgan fingerprint density at radius 3 is 2.70 bits per heavy atom. The highest BCUT2D eigenvalue weighted by atomic mass is 32.1. The number of thiophene rings is 1. The number of likely N-dealkylation sites (N-methyl/N-ethyl adjacent to an activating group) is 1. The zero-order valence-corrected chi connectivity index (χ0v) is 11.9. The maximum atomic E-state index is 11.9. The molecule has 2 rings (SSSR count). The molecule has 0 saturated heterocycles. The van der Waals surface area contributed by atoms with Gasteiger partial charge in [0.05, 0.1) is 17.3 Å². The summed E-state index contributed by atoms with van der Waals surface area (Å²) in [6, 6.07) is 3.41. The highest BCUT2D eigenvalue weighted by Crippen LogP contribution is 2.27. The molecule has 1 heterocycles. The van der Waals surface area contributed by atoms with Crippen molar-refractivity contribution in [1.29, 1.82) is 0 Å². The highest BCUT2D eigenvalue weighted by molar-refractivity contribution is 7.12. The molecule has 0 spiro atoms. The lowest BCUT2D eigenvalue weighted by molar-refractivity contribution is -0.146. The Kier molecular flexibility index (Phi) is 4.39. The van der Waals surface area contributed by atoms with E-state index in [9.17, 15) is 14.4 Å². The van der Waals surface area contributed by atoms with Crippen molar-refractivity contribution in [2.45, 2.75) is 18.9 Å². The average Bonchev–Trinajstić information content (AvgIpc) is 2.85. The number of rotatable bonds is 5. The van der Waals surface area contributed by atoms with Gasteiger partial charge in [-0.25, -0.2) is 0 Å². The van der Waals surface area contributed by atoms with Crippen LogP contribution in [-0.2, 0) is 9.59 Å². The molecule has 2 amide bonds. The van der Waals surface area contributed by atoms with Crippen molar-refractivity contribution >= 4 is 29.1 Å². The lowest BCUT2D eigenvalue weighted by Gasteiger charge is -2.33. The van der Waals surface area contributed by atoms with Crippen LogP contribution in [0.25, 0.3) is 0 Å². The smallest absolute Gasteiger partial charge is 0.306 e. The summed E-state index contributed by atoms with van der Waals surface area (Å²) in [5.74, 6) is -1.62. The topological polar surface area (TPSA) is 86.7 Å². The van der Waals surface area contributed by atoms with Crippen LogP contribution in [0.2, 0.25) is 0 Å². The molecule has 1 aliphatic carbocycles. The number of carbonyl (C=O) groups is 3. The molecular formula is C13H16N2O4S. The van der Waals surface area contributed by atoms with Gasteiger partial charge in [-0.3, -0.25) is 14.4 Å². The van der Waals surface area contributed by atoms with Gasteiger partial charge in [0.15, 0.2) is 0 Å². The van der Waals surface area contributed by atoms with Crippen molar-refractivity contribution in [2.24, 2.45) is 5.92 Å². The molecule has 7 heteroatoms. The highest BCUT2D eigenvalue weighted by Gasteiger charge is 2.35. The third kappa shape index (κ3) is 3.36. The first-order chi connectivity index (χ1) is 9.47. The quantitative estimate of drug-likeness (QED) is 0.841. The van der Waals surface area contributed by atoms with Gasteiger partial charge in [0.1, 0.15) is 0 Å². The summed E-state index contributed by atoms with van der Waals surface area (Å²) in [7, 11) is 1.57. The fourth-order valence-corrected chi connectivity index (χ4v) is 2.80. The Bertz CT molecular complexity index is 508. The largest absolute Gasteiger partial charge is 0.481 e. The molecule has 1 aliphatic rings. The van der Waals surface area contributed by atoms with Crippen LogP contribution in [0.4, 0.5) is 0 Å².